The molecular weight excluding hydrogens is 344 g/mol. The lowest BCUT2D eigenvalue weighted by molar-refractivity contribution is -0.125. The van der Waals surface area contributed by atoms with Crippen LogP contribution in [-0.4, -0.2) is 24.7 Å². The van der Waals surface area contributed by atoms with Crippen molar-refractivity contribution in [3.8, 4) is 5.75 Å². The average molecular weight is 364 g/mol. The lowest BCUT2D eigenvalue weighted by Gasteiger charge is -2.12. The van der Waals surface area contributed by atoms with Crippen LogP contribution < -0.4 is 15.4 Å². The predicted octanol–water partition coefficient (Wildman–Crippen LogP) is 2.40. The number of anilines is 1. The Labute approximate surface area is 156 Å². The highest BCUT2D eigenvalue weighted by molar-refractivity contribution is 6.19. The zero-order chi connectivity index (χ0) is 19.2. The van der Waals surface area contributed by atoms with Crippen LogP contribution >= 0.6 is 0 Å². The quantitative estimate of drug-likeness (QED) is 0.872. The van der Waals surface area contributed by atoms with Crippen molar-refractivity contribution >= 4 is 23.3 Å². The van der Waals surface area contributed by atoms with E-state index in [-0.39, 0.29) is 17.6 Å². The van der Waals surface area contributed by atoms with Crippen molar-refractivity contribution in [1.82, 2.24) is 5.32 Å². The second-order valence-corrected chi connectivity index (χ2v) is 7.17. The van der Waals surface area contributed by atoms with Gasteiger partial charge in [-0.1, -0.05) is 31.2 Å². The third kappa shape index (κ3) is 2.68. The maximum Gasteiger partial charge on any atom is 0.229 e. The maximum atomic E-state index is 13.0. The molecule has 6 heteroatoms. The minimum absolute atomic E-state index is 0.161. The summed E-state index contributed by atoms with van der Waals surface area (Å²) in [4.78, 5) is 38.3. The standard InChI is InChI=1S/C21H20N2O4/c1-21-16(19(25)22-11-12-7-9-13(27-2)10-8-12)17(21)20(26)23-15-6-4-3-5-14(15)18(21)24/h3-10,16-17H,11H2,1-2H3,(H,22,25)(H,23,26)/t16-,17+,21+/m0/s1. The number of Topliss-reactive ketones (excluding diaryl/α,β-unsaturated/α-hetero) is 1. The summed E-state index contributed by atoms with van der Waals surface area (Å²) in [6.45, 7) is 2.04. The summed E-state index contributed by atoms with van der Waals surface area (Å²) in [5, 5.41) is 5.64. The summed E-state index contributed by atoms with van der Waals surface area (Å²) < 4.78 is 5.12. The van der Waals surface area contributed by atoms with Crippen LogP contribution in [-0.2, 0) is 16.1 Å². The Balaban J connectivity index is 1.51. The lowest BCUT2D eigenvalue weighted by Crippen LogP contribution is -2.29. The molecule has 0 aromatic heterocycles. The van der Waals surface area contributed by atoms with E-state index in [4.69, 9.17) is 4.74 Å². The number of fused-ring (bicyclic) bond motifs is 2. The molecule has 4 rings (SSSR count). The van der Waals surface area contributed by atoms with E-state index in [0.717, 1.165) is 11.3 Å². The van der Waals surface area contributed by atoms with Crippen LogP contribution in [0.25, 0.3) is 0 Å². The van der Waals surface area contributed by atoms with Gasteiger partial charge in [0.1, 0.15) is 5.75 Å². The number of ketones is 1. The molecule has 1 fully saturated rings. The van der Waals surface area contributed by atoms with Crippen molar-refractivity contribution in [3.63, 3.8) is 0 Å². The number of rotatable bonds is 4. The Morgan fingerprint density at radius 1 is 1.15 bits per heavy atom. The first-order valence-corrected chi connectivity index (χ1v) is 8.82. The van der Waals surface area contributed by atoms with E-state index >= 15 is 0 Å². The van der Waals surface area contributed by atoms with Gasteiger partial charge >= 0.3 is 0 Å². The number of nitrogens with one attached hydrogen (secondary N) is 2. The first-order valence-electron chi connectivity index (χ1n) is 8.82. The summed E-state index contributed by atoms with van der Waals surface area (Å²) in [7, 11) is 1.59. The first-order chi connectivity index (χ1) is 13.0. The third-order valence-electron chi connectivity index (χ3n) is 5.63. The van der Waals surface area contributed by atoms with Crippen molar-refractivity contribution in [2.45, 2.75) is 13.5 Å². The molecule has 2 amide bonds. The number of benzene rings is 2. The minimum Gasteiger partial charge on any atom is -0.497 e. The van der Waals surface area contributed by atoms with E-state index in [1.54, 1.807) is 38.3 Å². The van der Waals surface area contributed by atoms with Gasteiger partial charge < -0.3 is 15.4 Å². The van der Waals surface area contributed by atoms with E-state index in [1.807, 2.05) is 24.3 Å². The van der Waals surface area contributed by atoms with E-state index in [0.29, 0.717) is 17.8 Å². The SMILES string of the molecule is COc1ccc(CNC(=O)[C@@H]2[C@@H]3C(=O)Nc4ccccc4C(=O)[C@]23C)cc1. The van der Waals surface area contributed by atoms with Gasteiger partial charge in [0.25, 0.3) is 0 Å². The fraction of sp³-hybridized carbons (Fsp3) is 0.286. The molecule has 1 aliphatic heterocycles. The number of carbonyl (C=O) groups is 3. The Hall–Kier alpha value is -3.15. The topological polar surface area (TPSA) is 84.5 Å². The Morgan fingerprint density at radius 2 is 1.85 bits per heavy atom. The van der Waals surface area contributed by atoms with E-state index in [9.17, 15) is 14.4 Å². The molecule has 2 aliphatic rings. The number of ether oxygens (including phenoxy) is 1. The Morgan fingerprint density at radius 3 is 2.56 bits per heavy atom. The average Bonchev–Trinajstić information content (AvgIpc) is 3.34. The summed E-state index contributed by atoms with van der Waals surface area (Å²) in [5.74, 6) is -1.28. The Bertz CT molecular complexity index is 937. The lowest BCUT2D eigenvalue weighted by atomic mass is 9.92. The van der Waals surface area contributed by atoms with Crippen LogP contribution in [0.5, 0.6) is 5.75 Å². The first kappa shape index (κ1) is 17.3. The van der Waals surface area contributed by atoms with Gasteiger partial charge in [-0.2, -0.15) is 0 Å². The normalized spacial score (nSPS) is 25.6. The van der Waals surface area contributed by atoms with E-state index < -0.39 is 17.3 Å². The molecule has 27 heavy (non-hydrogen) atoms. The van der Waals surface area contributed by atoms with Crippen LogP contribution in [0.15, 0.2) is 48.5 Å². The second-order valence-electron chi connectivity index (χ2n) is 7.17. The molecule has 2 N–H and O–H groups in total. The number of para-hydroxylation sites is 1. The van der Waals surface area contributed by atoms with Gasteiger partial charge in [-0.15, -0.1) is 0 Å². The molecule has 6 nitrogen and oxygen atoms in total. The van der Waals surface area contributed by atoms with Crippen LogP contribution in [0.3, 0.4) is 0 Å². The van der Waals surface area contributed by atoms with Gasteiger partial charge in [-0.3, -0.25) is 14.4 Å². The van der Waals surface area contributed by atoms with Crippen LogP contribution in [0.1, 0.15) is 22.8 Å². The van der Waals surface area contributed by atoms with Crippen molar-refractivity contribution in [1.29, 1.82) is 0 Å². The Kier molecular flexibility index (Phi) is 3.98. The van der Waals surface area contributed by atoms with Gasteiger partial charge in [-0.25, -0.2) is 0 Å². The molecular formula is C21H20N2O4. The van der Waals surface area contributed by atoms with Crippen LogP contribution in [0, 0.1) is 17.3 Å². The zero-order valence-corrected chi connectivity index (χ0v) is 15.1. The molecule has 2 aromatic carbocycles. The van der Waals surface area contributed by atoms with Crippen LogP contribution in [0.4, 0.5) is 5.69 Å². The van der Waals surface area contributed by atoms with Gasteiger partial charge in [-0.05, 0) is 29.8 Å². The van der Waals surface area contributed by atoms with E-state index in [1.165, 1.54) is 0 Å². The molecule has 1 aliphatic carbocycles. The number of hydrogen-bond donors (Lipinski definition) is 2. The zero-order valence-electron chi connectivity index (χ0n) is 15.1. The fourth-order valence-corrected chi connectivity index (χ4v) is 3.98. The highest BCUT2D eigenvalue weighted by Crippen LogP contribution is 2.62. The van der Waals surface area contributed by atoms with Crippen molar-refractivity contribution < 1.29 is 19.1 Å². The molecule has 0 radical (unpaired) electrons. The smallest absolute Gasteiger partial charge is 0.229 e. The summed E-state index contributed by atoms with van der Waals surface area (Å²) in [5.41, 5.74) is 0.886. The monoisotopic (exact) mass is 364 g/mol. The second kappa shape index (κ2) is 6.23. The molecule has 0 bridgehead atoms. The molecule has 1 saturated carbocycles. The number of methoxy groups -OCH3 is 1. The van der Waals surface area contributed by atoms with Gasteiger partial charge in [0.2, 0.25) is 11.8 Å². The molecule has 1 heterocycles. The minimum atomic E-state index is -0.999. The van der Waals surface area contributed by atoms with Gasteiger partial charge in [0, 0.05) is 12.1 Å². The van der Waals surface area contributed by atoms with Crippen molar-refractivity contribution in [2.24, 2.45) is 17.3 Å². The molecule has 3 atom stereocenters. The molecule has 0 spiro atoms. The fourth-order valence-electron chi connectivity index (χ4n) is 3.98. The molecule has 2 aromatic rings. The highest BCUT2D eigenvalue weighted by Gasteiger charge is 2.73. The largest absolute Gasteiger partial charge is 0.497 e. The van der Waals surface area contributed by atoms with E-state index in [2.05, 4.69) is 10.6 Å². The van der Waals surface area contributed by atoms with Gasteiger partial charge in [0.15, 0.2) is 5.78 Å². The predicted molar refractivity (Wildman–Crippen MR) is 99.3 cm³/mol. The molecule has 0 unspecified atom stereocenters. The summed E-state index contributed by atoms with van der Waals surface area (Å²) >= 11 is 0. The molecule has 138 valence electrons. The van der Waals surface area contributed by atoms with Crippen LogP contribution in [0.2, 0.25) is 0 Å². The third-order valence-corrected chi connectivity index (χ3v) is 5.63. The number of hydrogen-bond acceptors (Lipinski definition) is 4. The number of carbonyl (C=O) groups excluding carboxylic acids is 3. The highest BCUT2D eigenvalue weighted by atomic mass is 16.5. The summed E-state index contributed by atoms with van der Waals surface area (Å²) in [6.07, 6.45) is 0. The van der Waals surface area contributed by atoms with Crippen molar-refractivity contribution in [2.75, 3.05) is 12.4 Å². The maximum absolute atomic E-state index is 13.0. The van der Waals surface area contributed by atoms with Crippen molar-refractivity contribution in [3.05, 3.63) is 59.7 Å². The number of amides is 2. The van der Waals surface area contributed by atoms with Gasteiger partial charge in [0.05, 0.1) is 30.0 Å². The molecule has 0 saturated heterocycles. The summed E-state index contributed by atoms with van der Waals surface area (Å²) in [6, 6.07) is 14.3.